The van der Waals surface area contributed by atoms with Gasteiger partial charge in [0.05, 0.1) is 0 Å². The molecule has 2 heterocycles. The first-order chi connectivity index (χ1) is 13.5. The normalized spacial score (nSPS) is 21.1. The zero-order chi connectivity index (χ0) is 19.9. The minimum atomic E-state index is 0.882. The van der Waals surface area contributed by atoms with Gasteiger partial charge < -0.3 is 9.80 Å². The molecular weight excluding hydrogens is 344 g/mol. The fourth-order valence-corrected chi connectivity index (χ4v) is 5.03. The average molecular weight is 387 g/mol. The van der Waals surface area contributed by atoms with E-state index in [9.17, 15) is 0 Å². The number of benzene rings is 1. The molecule has 0 unspecified atom stereocenters. The van der Waals surface area contributed by atoms with Crippen LogP contribution in [0, 0.1) is 11.8 Å². The van der Waals surface area contributed by atoms with Crippen LogP contribution in [0.2, 0.25) is 0 Å². The summed E-state index contributed by atoms with van der Waals surface area (Å²) < 4.78 is 0. The highest BCUT2D eigenvalue weighted by Gasteiger charge is 2.21. The number of piperidine rings is 2. The highest BCUT2D eigenvalue weighted by molar-refractivity contribution is 5.23. The van der Waals surface area contributed by atoms with Crippen LogP contribution >= 0.6 is 0 Å². The Morgan fingerprint density at radius 3 is 1.46 bits per heavy atom. The third-order valence-corrected chi connectivity index (χ3v) is 6.46. The number of nitrogens with zero attached hydrogens (tertiary/aromatic N) is 4. The van der Waals surface area contributed by atoms with Crippen LogP contribution in [0.3, 0.4) is 0 Å². The van der Waals surface area contributed by atoms with Crippen LogP contribution in [-0.2, 0) is 13.1 Å². The SMILES string of the molecule is CN(C)CC1CCN(Cc2cccc(CN3CCC(CN(C)C)CC3)c2)CC1. The van der Waals surface area contributed by atoms with E-state index in [2.05, 4.69) is 72.1 Å². The third-order valence-electron chi connectivity index (χ3n) is 6.46. The van der Waals surface area contributed by atoms with Crippen molar-refractivity contribution in [2.75, 3.05) is 67.5 Å². The second kappa shape index (κ2) is 10.7. The van der Waals surface area contributed by atoms with Gasteiger partial charge in [0, 0.05) is 26.2 Å². The summed E-state index contributed by atoms with van der Waals surface area (Å²) in [7, 11) is 8.79. The predicted octanol–water partition coefficient (Wildman–Crippen LogP) is 3.23. The zero-order valence-corrected chi connectivity index (χ0v) is 18.7. The Kier molecular flexibility index (Phi) is 8.34. The van der Waals surface area contributed by atoms with E-state index in [1.54, 1.807) is 0 Å². The van der Waals surface area contributed by atoms with E-state index in [0.29, 0.717) is 0 Å². The Balaban J connectivity index is 1.43. The molecule has 0 amide bonds. The molecule has 0 atom stereocenters. The quantitative estimate of drug-likeness (QED) is 0.680. The summed E-state index contributed by atoms with van der Waals surface area (Å²) in [6.45, 7) is 9.73. The van der Waals surface area contributed by atoms with Gasteiger partial charge in [-0.25, -0.2) is 0 Å². The number of rotatable bonds is 8. The summed E-state index contributed by atoms with van der Waals surface area (Å²) in [4.78, 5) is 9.98. The zero-order valence-electron chi connectivity index (χ0n) is 18.7. The minimum Gasteiger partial charge on any atom is -0.309 e. The molecule has 4 heteroatoms. The monoisotopic (exact) mass is 386 g/mol. The highest BCUT2D eigenvalue weighted by atomic mass is 15.1. The topological polar surface area (TPSA) is 13.0 Å². The molecule has 0 bridgehead atoms. The summed E-state index contributed by atoms with van der Waals surface area (Å²) >= 11 is 0. The summed E-state index contributed by atoms with van der Waals surface area (Å²) in [5.41, 5.74) is 2.98. The fraction of sp³-hybridized carbons (Fsp3) is 0.750. The highest BCUT2D eigenvalue weighted by Crippen LogP contribution is 2.22. The van der Waals surface area contributed by atoms with Crippen LogP contribution < -0.4 is 0 Å². The molecule has 0 N–H and O–H groups in total. The van der Waals surface area contributed by atoms with Crippen molar-refractivity contribution in [2.45, 2.75) is 38.8 Å². The first kappa shape index (κ1) is 21.8. The fourth-order valence-electron chi connectivity index (χ4n) is 5.03. The standard InChI is InChI=1S/C24H42N4/c1-25(2)17-21-8-12-27(13-9-21)19-23-6-5-7-24(16-23)20-28-14-10-22(11-15-28)18-26(3)4/h5-7,16,21-22H,8-15,17-20H2,1-4H3. The van der Waals surface area contributed by atoms with E-state index in [4.69, 9.17) is 0 Å². The van der Waals surface area contributed by atoms with Crippen molar-refractivity contribution in [3.05, 3.63) is 35.4 Å². The summed E-state index contributed by atoms with van der Waals surface area (Å²) in [5, 5.41) is 0. The Morgan fingerprint density at radius 2 is 1.11 bits per heavy atom. The molecule has 3 rings (SSSR count). The Bertz CT molecular complexity index is 522. The Morgan fingerprint density at radius 1 is 0.714 bits per heavy atom. The van der Waals surface area contributed by atoms with Gasteiger partial charge in [-0.3, -0.25) is 9.80 Å². The maximum Gasteiger partial charge on any atom is 0.0233 e. The third kappa shape index (κ3) is 7.14. The largest absolute Gasteiger partial charge is 0.309 e. The maximum atomic E-state index is 2.65. The minimum absolute atomic E-state index is 0.882. The van der Waals surface area contributed by atoms with Gasteiger partial charge in [0.15, 0.2) is 0 Å². The van der Waals surface area contributed by atoms with Crippen molar-refractivity contribution < 1.29 is 0 Å². The summed E-state index contributed by atoms with van der Waals surface area (Å²) in [6.07, 6.45) is 5.39. The molecule has 2 saturated heterocycles. The molecule has 0 aromatic heterocycles. The van der Waals surface area contributed by atoms with Crippen molar-refractivity contribution in [3.63, 3.8) is 0 Å². The van der Waals surface area contributed by atoms with Crippen LogP contribution in [0.5, 0.6) is 0 Å². The number of hydrogen-bond donors (Lipinski definition) is 0. The van der Waals surface area contributed by atoms with Gasteiger partial charge in [0.1, 0.15) is 0 Å². The van der Waals surface area contributed by atoms with Gasteiger partial charge in [-0.15, -0.1) is 0 Å². The Labute approximate surface area is 173 Å². The molecule has 2 aliphatic heterocycles. The van der Waals surface area contributed by atoms with E-state index < -0.39 is 0 Å². The average Bonchev–Trinajstić information content (AvgIpc) is 2.64. The molecule has 2 fully saturated rings. The molecule has 1 aromatic carbocycles. The lowest BCUT2D eigenvalue weighted by Gasteiger charge is -2.34. The van der Waals surface area contributed by atoms with Gasteiger partial charge in [0.25, 0.3) is 0 Å². The number of hydrogen-bond acceptors (Lipinski definition) is 4. The predicted molar refractivity (Wildman–Crippen MR) is 120 cm³/mol. The molecular formula is C24H42N4. The van der Waals surface area contributed by atoms with Crippen LogP contribution in [0.4, 0.5) is 0 Å². The van der Waals surface area contributed by atoms with Crippen LogP contribution in [0.15, 0.2) is 24.3 Å². The van der Waals surface area contributed by atoms with E-state index in [0.717, 1.165) is 24.9 Å². The summed E-state index contributed by atoms with van der Waals surface area (Å²) in [5.74, 6) is 1.76. The van der Waals surface area contributed by atoms with Gasteiger partial charge in [-0.05, 0) is 103 Å². The molecule has 158 valence electrons. The van der Waals surface area contributed by atoms with Crippen molar-refractivity contribution >= 4 is 0 Å². The van der Waals surface area contributed by atoms with Gasteiger partial charge >= 0.3 is 0 Å². The Hall–Kier alpha value is -0.940. The van der Waals surface area contributed by atoms with Crippen molar-refractivity contribution in [2.24, 2.45) is 11.8 Å². The first-order valence-electron chi connectivity index (χ1n) is 11.3. The summed E-state index contributed by atoms with van der Waals surface area (Å²) in [6, 6.07) is 9.36. The van der Waals surface area contributed by atoms with E-state index in [-0.39, 0.29) is 0 Å². The molecule has 1 aromatic rings. The molecule has 2 aliphatic rings. The second-order valence-electron chi connectivity index (χ2n) is 9.78. The number of likely N-dealkylation sites (tertiary alicyclic amines) is 2. The lowest BCUT2D eigenvalue weighted by atomic mass is 9.95. The maximum absolute atomic E-state index is 2.65. The molecule has 0 saturated carbocycles. The van der Waals surface area contributed by atoms with Crippen molar-refractivity contribution in [3.8, 4) is 0 Å². The van der Waals surface area contributed by atoms with Gasteiger partial charge in [-0.2, -0.15) is 0 Å². The van der Waals surface area contributed by atoms with E-state index >= 15 is 0 Å². The van der Waals surface area contributed by atoms with E-state index in [1.807, 2.05) is 0 Å². The molecule has 28 heavy (non-hydrogen) atoms. The van der Waals surface area contributed by atoms with Crippen LogP contribution in [0.1, 0.15) is 36.8 Å². The van der Waals surface area contributed by atoms with Crippen LogP contribution in [0.25, 0.3) is 0 Å². The lowest BCUT2D eigenvalue weighted by Crippen LogP contribution is -2.37. The molecule has 0 radical (unpaired) electrons. The van der Waals surface area contributed by atoms with Gasteiger partial charge in [-0.1, -0.05) is 24.3 Å². The molecule has 0 spiro atoms. The second-order valence-corrected chi connectivity index (χ2v) is 9.78. The smallest absolute Gasteiger partial charge is 0.0233 e. The van der Waals surface area contributed by atoms with Gasteiger partial charge in [0.2, 0.25) is 0 Å². The van der Waals surface area contributed by atoms with Crippen molar-refractivity contribution in [1.29, 1.82) is 0 Å². The van der Waals surface area contributed by atoms with Crippen molar-refractivity contribution in [1.82, 2.24) is 19.6 Å². The molecule has 4 nitrogen and oxygen atoms in total. The molecule has 0 aliphatic carbocycles. The van der Waals surface area contributed by atoms with E-state index in [1.165, 1.54) is 76.1 Å². The first-order valence-corrected chi connectivity index (χ1v) is 11.3. The van der Waals surface area contributed by atoms with Crippen LogP contribution in [-0.4, -0.2) is 87.1 Å². The lowest BCUT2D eigenvalue weighted by molar-refractivity contribution is 0.155.